The molecule has 0 unspecified atom stereocenters. The molecule has 3 aromatic rings. The SMILES string of the molecule is Nc1cccc(-c2cn(-c3ccc([N+](=O)[O-])c(C(F)(F)F)c3)nn2)c1. The van der Waals surface area contributed by atoms with E-state index in [9.17, 15) is 23.3 Å². The van der Waals surface area contributed by atoms with Gasteiger partial charge in [0.25, 0.3) is 5.69 Å². The number of anilines is 1. The maximum atomic E-state index is 13.1. The van der Waals surface area contributed by atoms with E-state index in [0.29, 0.717) is 23.0 Å². The quantitative estimate of drug-likeness (QED) is 0.443. The Morgan fingerprint density at radius 3 is 2.56 bits per heavy atom. The number of hydrogen-bond donors (Lipinski definition) is 1. The van der Waals surface area contributed by atoms with Gasteiger partial charge in [0.15, 0.2) is 0 Å². The van der Waals surface area contributed by atoms with Gasteiger partial charge in [-0.3, -0.25) is 10.1 Å². The molecule has 0 aliphatic rings. The lowest BCUT2D eigenvalue weighted by Crippen LogP contribution is -2.10. The summed E-state index contributed by atoms with van der Waals surface area (Å²) in [6.45, 7) is 0. The standard InChI is InChI=1S/C15H10F3N5O2/c16-15(17,18)12-7-11(4-5-14(12)23(24)25)22-8-13(20-21-22)9-2-1-3-10(19)6-9/h1-8H,19H2. The number of nitro benzene ring substituents is 1. The zero-order valence-corrected chi connectivity index (χ0v) is 12.4. The van der Waals surface area contributed by atoms with E-state index in [4.69, 9.17) is 5.73 Å². The maximum Gasteiger partial charge on any atom is 0.423 e. The third kappa shape index (κ3) is 3.27. The number of benzene rings is 2. The Morgan fingerprint density at radius 2 is 1.92 bits per heavy atom. The van der Waals surface area contributed by atoms with Crippen LogP contribution in [0.25, 0.3) is 16.9 Å². The third-order valence-electron chi connectivity index (χ3n) is 3.42. The Hall–Kier alpha value is -3.43. The molecule has 1 aromatic heterocycles. The summed E-state index contributed by atoms with van der Waals surface area (Å²) >= 11 is 0. The Balaban J connectivity index is 2.05. The van der Waals surface area contributed by atoms with Crippen LogP contribution in [0, 0.1) is 10.1 Å². The van der Waals surface area contributed by atoms with Crippen LogP contribution < -0.4 is 5.73 Å². The van der Waals surface area contributed by atoms with Crippen molar-refractivity contribution in [3.05, 3.63) is 64.3 Å². The molecule has 2 aromatic carbocycles. The van der Waals surface area contributed by atoms with E-state index in [1.54, 1.807) is 24.3 Å². The monoisotopic (exact) mass is 349 g/mol. The van der Waals surface area contributed by atoms with Crippen molar-refractivity contribution in [2.75, 3.05) is 5.73 Å². The highest BCUT2D eigenvalue weighted by Gasteiger charge is 2.38. The fourth-order valence-corrected chi connectivity index (χ4v) is 2.27. The van der Waals surface area contributed by atoms with Crippen molar-refractivity contribution in [3.63, 3.8) is 0 Å². The number of hydrogen-bond acceptors (Lipinski definition) is 5. The van der Waals surface area contributed by atoms with Crippen molar-refractivity contribution in [1.29, 1.82) is 0 Å². The Labute approximate surface area is 138 Å². The first-order valence-electron chi connectivity index (χ1n) is 6.90. The largest absolute Gasteiger partial charge is 0.423 e. The van der Waals surface area contributed by atoms with Gasteiger partial charge in [-0.25, -0.2) is 4.68 Å². The van der Waals surface area contributed by atoms with E-state index in [1.165, 1.54) is 12.3 Å². The number of halogens is 3. The Kier molecular flexibility index (Phi) is 3.87. The second-order valence-electron chi connectivity index (χ2n) is 5.13. The molecule has 0 aliphatic heterocycles. The molecule has 0 saturated carbocycles. The molecule has 0 spiro atoms. The van der Waals surface area contributed by atoms with Gasteiger partial charge in [-0.15, -0.1) is 5.10 Å². The first-order chi connectivity index (χ1) is 11.8. The van der Waals surface area contributed by atoms with Crippen molar-refractivity contribution >= 4 is 11.4 Å². The average molecular weight is 349 g/mol. The van der Waals surface area contributed by atoms with Crippen LogP contribution in [0.15, 0.2) is 48.7 Å². The lowest BCUT2D eigenvalue weighted by molar-refractivity contribution is -0.388. The second kappa shape index (κ2) is 5.89. The summed E-state index contributed by atoms with van der Waals surface area (Å²) in [7, 11) is 0. The van der Waals surface area contributed by atoms with Gasteiger partial charge in [-0.05, 0) is 24.3 Å². The minimum atomic E-state index is -4.87. The van der Waals surface area contributed by atoms with Crippen LogP contribution in [0.2, 0.25) is 0 Å². The molecule has 0 amide bonds. The normalized spacial score (nSPS) is 11.5. The molecule has 10 heteroatoms. The van der Waals surface area contributed by atoms with Gasteiger partial charge in [0, 0.05) is 17.3 Å². The van der Waals surface area contributed by atoms with Crippen LogP contribution >= 0.6 is 0 Å². The molecule has 25 heavy (non-hydrogen) atoms. The molecule has 1 heterocycles. The summed E-state index contributed by atoms with van der Waals surface area (Å²) in [6.07, 6.45) is -3.45. The van der Waals surface area contributed by atoms with E-state index in [1.807, 2.05) is 0 Å². The van der Waals surface area contributed by atoms with Crippen molar-refractivity contribution in [2.45, 2.75) is 6.18 Å². The van der Waals surface area contributed by atoms with Crippen LogP contribution in [0.3, 0.4) is 0 Å². The Morgan fingerprint density at radius 1 is 1.16 bits per heavy atom. The fourth-order valence-electron chi connectivity index (χ4n) is 2.27. The van der Waals surface area contributed by atoms with Gasteiger partial charge in [0.2, 0.25) is 0 Å². The molecular weight excluding hydrogens is 339 g/mol. The number of aromatic nitrogens is 3. The molecule has 0 atom stereocenters. The van der Waals surface area contributed by atoms with Crippen LogP contribution in [0.5, 0.6) is 0 Å². The van der Waals surface area contributed by atoms with Gasteiger partial charge in [0.05, 0.1) is 16.8 Å². The molecule has 3 rings (SSSR count). The lowest BCUT2D eigenvalue weighted by Gasteiger charge is -2.09. The number of nitrogens with two attached hydrogens (primary N) is 1. The number of nitrogen functional groups attached to an aromatic ring is 1. The molecule has 0 fully saturated rings. The topological polar surface area (TPSA) is 99.9 Å². The van der Waals surface area contributed by atoms with Crippen molar-refractivity contribution in [3.8, 4) is 16.9 Å². The van der Waals surface area contributed by atoms with Gasteiger partial charge >= 0.3 is 6.18 Å². The Bertz CT molecular complexity index is 952. The number of nitro groups is 1. The summed E-state index contributed by atoms with van der Waals surface area (Å²) in [6, 6.07) is 9.38. The highest BCUT2D eigenvalue weighted by molar-refractivity contribution is 5.63. The molecule has 0 radical (unpaired) electrons. The van der Waals surface area contributed by atoms with Crippen LogP contribution in [0.1, 0.15) is 5.56 Å². The van der Waals surface area contributed by atoms with Crippen molar-refractivity contribution in [2.24, 2.45) is 0 Å². The van der Waals surface area contributed by atoms with E-state index in [2.05, 4.69) is 10.3 Å². The van der Waals surface area contributed by atoms with E-state index >= 15 is 0 Å². The zero-order valence-electron chi connectivity index (χ0n) is 12.4. The second-order valence-corrected chi connectivity index (χ2v) is 5.13. The summed E-state index contributed by atoms with van der Waals surface area (Å²) in [5, 5.41) is 18.5. The third-order valence-corrected chi connectivity index (χ3v) is 3.42. The highest BCUT2D eigenvalue weighted by atomic mass is 19.4. The van der Waals surface area contributed by atoms with Crippen LogP contribution in [-0.2, 0) is 6.18 Å². The van der Waals surface area contributed by atoms with E-state index < -0.39 is 22.4 Å². The van der Waals surface area contributed by atoms with Gasteiger partial charge < -0.3 is 5.73 Å². The predicted molar refractivity (Wildman–Crippen MR) is 82.9 cm³/mol. The minimum Gasteiger partial charge on any atom is -0.399 e. The van der Waals surface area contributed by atoms with Crippen molar-refractivity contribution < 1.29 is 18.1 Å². The molecule has 2 N–H and O–H groups in total. The van der Waals surface area contributed by atoms with Gasteiger partial charge in [0.1, 0.15) is 11.3 Å². The molecule has 128 valence electrons. The zero-order chi connectivity index (χ0) is 18.2. The number of alkyl halides is 3. The maximum absolute atomic E-state index is 13.1. The molecule has 7 nitrogen and oxygen atoms in total. The van der Waals surface area contributed by atoms with E-state index in [-0.39, 0.29) is 5.69 Å². The number of nitrogens with zero attached hydrogens (tertiary/aromatic N) is 4. The van der Waals surface area contributed by atoms with E-state index in [0.717, 1.165) is 10.7 Å². The van der Waals surface area contributed by atoms with Gasteiger partial charge in [-0.2, -0.15) is 13.2 Å². The fraction of sp³-hybridized carbons (Fsp3) is 0.0667. The first-order valence-corrected chi connectivity index (χ1v) is 6.90. The summed E-state index contributed by atoms with van der Waals surface area (Å²) in [5.74, 6) is 0. The highest BCUT2D eigenvalue weighted by Crippen LogP contribution is 2.37. The lowest BCUT2D eigenvalue weighted by atomic mass is 10.1. The summed E-state index contributed by atoms with van der Waals surface area (Å²) in [5.41, 5.74) is 4.86. The summed E-state index contributed by atoms with van der Waals surface area (Å²) < 4.78 is 40.3. The first kappa shape index (κ1) is 16.4. The van der Waals surface area contributed by atoms with Gasteiger partial charge in [-0.1, -0.05) is 17.3 Å². The molecule has 0 bridgehead atoms. The smallest absolute Gasteiger partial charge is 0.399 e. The van der Waals surface area contributed by atoms with Crippen LogP contribution in [0.4, 0.5) is 24.5 Å². The summed E-state index contributed by atoms with van der Waals surface area (Å²) in [4.78, 5) is 9.72. The minimum absolute atomic E-state index is 0.000535. The molecular formula is C15H10F3N5O2. The van der Waals surface area contributed by atoms with Crippen LogP contribution in [-0.4, -0.2) is 19.9 Å². The average Bonchev–Trinajstić information content (AvgIpc) is 3.03. The predicted octanol–water partition coefficient (Wildman–Crippen LogP) is 3.44. The molecule has 0 saturated heterocycles. The molecule has 0 aliphatic carbocycles. The number of rotatable bonds is 3. The van der Waals surface area contributed by atoms with Crippen molar-refractivity contribution in [1.82, 2.24) is 15.0 Å².